The summed E-state index contributed by atoms with van der Waals surface area (Å²) in [7, 11) is 1.98. The summed E-state index contributed by atoms with van der Waals surface area (Å²) in [5.74, 6) is 0.545. The summed E-state index contributed by atoms with van der Waals surface area (Å²) in [6, 6.07) is 0.116. The summed E-state index contributed by atoms with van der Waals surface area (Å²) in [6.07, 6.45) is 9.04. The summed E-state index contributed by atoms with van der Waals surface area (Å²) >= 11 is 0. The topological polar surface area (TPSA) is 53.1 Å². The molecule has 0 bridgehead atoms. The van der Waals surface area contributed by atoms with Crippen LogP contribution in [0.5, 0.6) is 0 Å². The molecule has 0 amide bonds. The van der Waals surface area contributed by atoms with Gasteiger partial charge in [0.15, 0.2) is 0 Å². The molecule has 106 valence electrons. The molecule has 4 heteroatoms. The second-order valence-electron chi connectivity index (χ2n) is 6.22. The Hall–Kier alpha value is -0.870. The van der Waals surface area contributed by atoms with Crippen LogP contribution in [0.3, 0.4) is 0 Å². The first-order valence-corrected chi connectivity index (χ1v) is 7.55. The normalized spacial score (nSPS) is 27.2. The van der Waals surface area contributed by atoms with Crippen LogP contribution in [0, 0.1) is 5.92 Å². The summed E-state index contributed by atoms with van der Waals surface area (Å²) < 4.78 is 7.90. The fourth-order valence-corrected chi connectivity index (χ4v) is 3.65. The standard InChI is InChI=1S/C15H25N3O/c1-3-13-12(10-18(2)17-13)14(16)11-5-8-19-15(9-11)6-4-7-15/h10-11,14H,3-9,16H2,1-2H3. The van der Waals surface area contributed by atoms with Crippen molar-refractivity contribution < 1.29 is 4.74 Å². The van der Waals surface area contributed by atoms with Gasteiger partial charge in [-0.2, -0.15) is 5.10 Å². The molecule has 2 aliphatic rings. The van der Waals surface area contributed by atoms with Crippen LogP contribution >= 0.6 is 0 Å². The molecule has 1 aliphatic heterocycles. The van der Waals surface area contributed by atoms with E-state index in [0.717, 1.165) is 31.6 Å². The van der Waals surface area contributed by atoms with Crippen molar-refractivity contribution in [3.05, 3.63) is 17.5 Å². The summed E-state index contributed by atoms with van der Waals surface area (Å²) in [4.78, 5) is 0. The number of aromatic nitrogens is 2. The predicted molar refractivity (Wildman–Crippen MR) is 74.8 cm³/mol. The number of nitrogens with zero attached hydrogens (tertiary/aromatic N) is 2. The third-order valence-corrected chi connectivity index (χ3v) is 4.94. The minimum Gasteiger partial charge on any atom is -0.375 e. The number of aryl methyl sites for hydroxylation is 2. The number of hydrogen-bond acceptors (Lipinski definition) is 3. The third-order valence-electron chi connectivity index (χ3n) is 4.94. The molecule has 1 aromatic rings. The van der Waals surface area contributed by atoms with Crippen LogP contribution in [0.15, 0.2) is 6.20 Å². The maximum atomic E-state index is 6.55. The monoisotopic (exact) mass is 263 g/mol. The van der Waals surface area contributed by atoms with Crippen LogP contribution < -0.4 is 5.73 Å². The van der Waals surface area contributed by atoms with Gasteiger partial charge in [0.25, 0.3) is 0 Å². The Morgan fingerprint density at radius 1 is 1.58 bits per heavy atom. The van der Waals surface area contributed by atoms with E-state index in [-0.39, 0.29) is 11.6 Å². The van der Waals surface area contributed by atoms with Gasteiger partial charge in [-0.15, -0.1) is 0 Å². The van der Waals surface area contributed by atoms with Gasteiger partial charge in [-0.1, -0.05) is 6.92 Å². The molecular weight excluding hydrogens is 238 g/mol. The van der Waals surface area contributed by atoms with Gasteiger partial charge in [-0.05, 0) is 44.4 Å². The van der Waals surface area contributed by atoms with Crippen molar-refractivity contribution >= 4 is 0 Å². The Balaban J connectivity index is 1.77. The highest BCUT2D eigenvalue weighted by molar-refractivity contribution is 5.22. The van der Waals surface area contributed by atoms with Crippen LogP contribution in [0.2, 0.25) is 0 Å². The Morgan fingerprint density at radius 3 is 3.00 bits per heavy atom. The highest BCUT2D eigenvalue weighted by Crippen LogP contribution is 2.46. The van der Waals surface area contributed by atoms with Gasteiger partial charge in [-0.3, -0.25) is 4.68 Å². The van der Waals surface area contributed by atoms with Crippen LogP contribution in [-0.4, -0.2) is 22.0 Å². The minimum absolute atomic E-state index is 0.116. The lowest BCUT2D eigenvalue weighted by molar-refractivity contribution is -0.146. The average Bonchev–Trinajstić information content (AvgIpc) is 2.77. The minimum atomic E-state index is 0.116. The van der Waals surface area contributed by atoms with E-state index >= 15 is 0 Å². The average molecular weight is 263 g/mol. The summed E-state index contributed by atoms with van der Waals surface area (Å²) in [6.45, 7) is 3.02. The summed E-state index contributed by atoms with van der Waals surface area (Å²) in [5.41, 5.74) is 9.12. The van der Waals surface area contributed by atoms with Crippen molar-refractivity contribution in [2.24, 2.45) is 18.7 Å². The molecule has 4 nitrogen and oxygen atoms in total. The molecule has 0 radical (unpaired) electrons. The highest BCUT2D eigenvalue weighted by atomic mass is 16.5. The maximum absolute atomic E-state index is 6.55. The van der Waals surface area contributed by atoms with Crippen molar-refractivity contribution in [3.63, 3.8) is 0 Å². The molecule has 1 aromatic heterocycles. The first-order chi connectivity index (χ1) is 9.13. The van der Waals surface area contributed by atoms with E-state index < -0.39 is 0 Å². The Kier molecular flexibility index (Phi) is 3.39. The summed E-state index contributed by atoms with van der Waals surface area (Å²) in [5, 5.41) is 4.52. The zero-order valence-corrected chi connectivity index (χ0v) is 12.1. The molecule has 0 aromatic carbocycles. The third kappa shape index (κ3) is 2.32. The van der Waals surface area contributed by atoms with Gasteiger partial charge < -0.3 is 10.5 Å². The lowest BCUT2D eigenvalue weighted by atomic mass is 9.70. The van der Waals surface area contributed by atoms with Crippen LogP contribution in [0.25, 0.3) is 0 Å². The van der Waals surface area contributed by atoms with E-state index in [0.29, 0.717) is 5.92 Å². The molecule has 1 saturated carbocycles. The van der Waals surface area contributed by atoms with Crippen LogP contribution in [0.4, 0.5) is 0 Å². The second-order valence-corrected chi connectivity index (χ2v) is 6.22. The van der Waals surface area contributed by atoms with Crippen molar-refractivity contribution in [1.29, 1.82) is 0 Å². The molecule has 3 rings (SSSR count). The molecule has 2 atom stereocenters. The highest BCUT2D eigenvalue weighted by Gasteiger charge is 2.44. The fraction of sp³-hybridized carbons (Fsp3) is 0.800. The molecule has 2 heterocycles. The largest absolute Gasteiger partial charge is 0.375 e. The number of ether oxygens (including phenoxy) is 1. The quantitative estimate of drug-likeness (QED) is 0.910. The molecular formula is C15H25N3O. The Labute approximate surface area is 115 Å². The van der Waals surface area contributed by atoms with Gasteiger partial charge in [0.2, 0.25) is 0 Å². The fourth-order valence-electron chi connectivity index (χ4n) is 3.65. The smallest absolute Gasteiger partial charge is 0.0686 e. The van der Waals surface area contributed by atoms with Gasteiger partial charge in [0.1, 0.15) is 0 Å². The number of rotatable bonds is 3. The first kappa shape index (κ1) is 13.1. The van der Waals surface area contributed by atoms with E-state index in [2.05, 4.69) is 18.2 Å². The maximum Gasteiger partial charge on any atom is 0.0686 e. The van der Waals surface area contributed by atoms with E-state index in [1.807, 2.05) is 11.7 Å². The molecule has 19 heavy (non-hydrogen) atoms. The number of hydrogen-bond donors (Lipinski definition) is 1. The van der Waals surface area contributed by atoms with Crippen molar-refractivity contribution in [2.45, 2.75) is 57.1 Å². The van der Waals surface area contributed by atoms with Gasteiger partial charge in [0.05, 0.1) is 11.3 Å². The molecule has 1 aliphatic carbocycles. The van der Waals surface area contributed by atoms with Crippen LogP contribution in [-0.2, 0) is 18.2 Å². The Morgan fingerprint density at radius 2 is 2.37 bits per heavy atom. The van der Waals surface area contributed by atoms with Crippen molar-refractivity contribution in [2.75, 3.05) is 6.61 Å². The predicted octanol–water partition coefficient (Wildman–Crippen LogP) is 2.33. The van der Waals surface area contributed by atoms with Crippen molar-refractivity contribution in [1.82, 2.24) is 9.78 Å². The zero-order chi connectivity index (χ0) is 13.5. The van der Waals surface area contributed by atoms with E-state index in [4.69, 9.17) is 10.5 Å². The Bertz CT molecular complexity index is 450. The van der Waals surface area contributed by atoms with Gasteiger partial charge in [0, 0.05) is 31.5 Å². The molecule has 2 unspecified atom stereocenters. The molecule has 1 spiro atoms. The van der Waals surface area contributed by atoms with E-state index in [1.165, 1.54) is 24.8 Å². The van der Waals surface area contributed by atoms with E-state index in [9.17, 15) is 0 Å². The lowest BCUT2D eigenvalue weighted by Gasteiger charge is -2.48. The van der Waals surface area contributed by atoms with Crippen LogP contribution in [0.1, 0.15) is 56.3 Å². The zero-order valence-electron chi connectivity index (χ0n) is 12.1. The van der Waals surface area contributed by atoms with Gasteiger partial charge in [-0.25, -0.2) is 0 Å². The lowest BCUT2D eigenvalue weighted by Crippen LogP contribution is -2.47. The molecule has 2 N–H and O–H groups in total. The van der Waals surface area contributed by atoms with E-state index in [1.54, 1.807) is 0 Å². The molecule has 1 saturated heterocycles. The SMILES string of the molecule is CCc1nn(C)cc1C(N)C1CCOC2(CCC2)C1. The first-order valence-electron chi connectivity index (χ1n) is 7.55. The number of nitrogens with two attached hydrogens (primary N) is 1. The molecule has 2 fully saturated rings. The van der Waals surface area contributed by atoms with Crippen molar-refractivity contribution in [3.8, 4) is 0 Å². The van der Waals surface area contributed by atoms with Gasteiger partial charge >= 0.3 is 0 Å². The second kappa shape index (κ2) is 4.91.